The molecule has 0 saturated carbocycles. The van der Waals surface area contributed by atoms with Crippen LogP contribution in [0, 0.1) is 17.4 Å². The summed E-state index contributed by atoms with van der Waals surface area (Å²) in [5.41, 5.74) is 1.89. The zero-order valence-electron chi connectivity index (χ0n) is 11.7. The Hall–Kier alpha value is -1.37. The van der Waals surface area contributed by atoms with E-state index in [1.54, 1.807) is 6.20 Å². The van der Waals surface area contributed by atoms with Crippen molar-refractivity contribution in [3.05, 3.63) is 51.1 Å². The molecule has 0 aliphatic rings. The van der Waals surface area contributed by atoms with Crippen molar-refractivity contribution in [1.29, 1.82) is 0 Å². The van der Waals surface area contributed by atoms with Crippen LogP contribution in [0.4, 0.5) is 0 Å². The van der Waals surface area contributed by atoms with Crippen LogP contribution in [0.3, 0.4) is 0 Å². The standard InChI is InChI=1S/C15H18IN3O/c1-11-5-3-6-13(14(11)16)15(20)18-7-4-9-19-10-8-17-12(19)2/h3,5-6,8,10H,4,7,9H2,1-2H3,(H,18,20). The van der Waals surface area contributed by atoms with Gasteiger partial charge in [-0.1, -0.05) is 12.1 Å². The number of aryl methyl sites for hydroxylation is 3. The number of carbonyl (C=O) groups is 1. The second-order valence-electron chi connectivity index (χ2n) is 4.71. The minimum absolute atomic E-state index is 0.000420. The molecule has 5 heteroatoms. The lowest BCUT2D eigenvalue weighted by Gasteiger charge is -2.09. The Morgan fingerprint density at radius 3 is 2.90 bits per heavy atom. The van der Waals surface area contributed by atoms with Crippen molar-refractivity contribution in [1.82, 2.24) is 14.9 Å². The number of amides is 1. The van der Waals surface area contributed by atoms with Crippen LogP contribution in [-0.2, 0) is 6.54 Å². The first-order valence-corrected chi connectivity index (χ1v) is 7.68. The molecule has 106 valence electrons. The number of nitrogens with zero attached hydrogens (tertiary/aromatic N) is 2. The van der Waals surface area contributed by atoms with Crippen LogP contribution in [0.1, 0.15) is 28.2 Å². The van der Waals surface area contributed by atoms with Gasteiger partial charge in [-0.25, -0.2) is 4.98 Å². The summed E-state index contributed by atoms with van der Waals surface area (Å²) < 4.78 is 3.11. The molecule has 1 aromatic heterocycles. The molecule has 0 fully saturated rings. The van der Waals surface area contributed by atoms with E-state index in [-0.39, 0.29) is 5.91 Å². The quantitative estimate of drug-likeness (QED) is 0.638. The van der Waals surface area contributed by atoms with Crippen molar-refractivity contribution in [2.45, 2.75) is 26.8 Å². The van der Waals surface area contributed by atoms with E-state index < -0.39 is 0 Å². The number of aromatic nitrogens is 2. The first kappa shape index (κ1) is 15.0. The lowest BCUT2D eigenvalue weighted by atomic mass is 10.1. The Kier molecular flexibility index (Phi) is 5.17. The second-order valence-corrected chi connectivity index (χ2v) is 5.79. The van der Waals surface area contributed by atoms with E-state index in [4.69, 9.17) is 0 Å². The number of carbonyl (C=O) groups excluding carboxylic acids is 1. The summed E-state index contributed by atoms with van der Waals surface area (Å²) in [4.78, 5) is 16.3. The first-order valence-electron chi connectivity index (χ1n) is 6.60. The highest BCUT2D eigenvalue weighted by molar-refractivity contribution is 14.1. The predicted octanol–water partition coefficient (Wildman–Crippen LogP) is 2.92. The summed E-state index contributed by atoms with van der Waals surface area (Å²) in [5, 5.41) is 2.97. The number of nitrogens with one attached hydrogen (secondary N) is 1. The average molecular weight is 383 g/mol. The van der Waals surface area contributed by atoms with Gasteiger partial charge in [0.2, 0.25) is 0 Å². The Morgan fingerprint density at radius 2 is 2.20 bits per heavy atom. The maximum atomic E-state index is 12.1. The van der Waals surface area contributed by atoms with Crippen molar-refractivity contribution in [2.75, 3.05) is 6.54 Å². The minimum Gasteiger partial charge on any atom is -0.352 e. The van der Waals surface area contributed by atoms with Crippen LogP contribution in [0.5, 0.6) is 0 Å². The number of rotatable bonds is 5. The highest BCUT2D eigenvalue weighted by Gasteiger charge is 2.10. The number of hydrogen-bond donors (Lipinski definition) is 1. The Labute approximate surface area is 132 Å². The minimum atomic E-state index is 0.000420. The molecule has 0 saturated heterocycles. The van der Waals surface area contributed by atoms with Crippen molar-refractivity contribution in [2.24, 2.45) is 0 Å². The van der Waals surface area contributed by atoms with Crippen LogP contribution in [0.15, 0.2) is 30.6 Å². The molecule has 0 bridgehead atoms. The predicted molar refractivity (Wildman–Crippen MR) is 87.8 cm³/mol. The average Bonchev–Trinajstić information content (AvgIpc) is 2.83. The summed E-state index contributed by atoms with van der Waals surface area (Å²) in [6.45, 7) is 5.53. The zero-order chi connectivity index (χ0) is 14.5. The van der Waals surface area contributed by atoms with E-state index in [9.17, 15) is 4.79 Å². The SMILES string of the molecule is Cc1cccc(C(=O)NCCCn2ccnc2C)c1I. The van der Waals surface area contributed by atoms with E-state index in [2.05, 4.69) is 37.5 Å². The summed E-state index contributed by atoms with van der Waals surface area (Å²) in [6, 6.07) is 5.80. The monoisotopic (exact) mass is 383 g/mol. The molecular weight excluding hydrogens is 365 g/mol. The Morgan fingerprint density at radius 1 is 1.40 bits per heavy atom. The molecule has 0 aliphatic carbocycles. The van der Waals surface area contributed by atoms with Crippen molar-refractivity contribution in [3.8, 4) is 0 Å². The summed E-state index contributed by atoms with van der Waals surface area (Å²) in [6.07, 6.45) is 4.65. The van der Waals surface area contributed by atoms with Gasteiger partial charge in [0.05, 0.1) is 5.56 Å². The molecule has 0 aliphatic heterocycles. The third-order valence-electron chi connectivity index (χ3n) is 3.22. The molecule has 0 atom stereocenters. The van der Waals surface area contributed by atoms with Gasteiger partial charge in [-0.3, -0.25) is 4.79 Å². The van der Waals surface area contributed by atoms with E-state index in [1.807, 2.05) is 38.2 Å². The third-order valence-corrected chi connectivity index (χ3v) is 4.65. The van der Waals surface area contributed by atoms with E-state index in [0.717, 1.165) is 33.5 Å². The van der Waals surface area contributed by atoms with Crippen molar-refractivity contribution in [3.63, 3.8) is 0 Å². The largest absolute Gasteiger partial charge is 0.352 e. The molecule has 0 radical (unpaired) electrons. The van der Waals surface area contributed by atoms with Crippen LogP contribution >= 0.6 is 22.6 Å². The molecule has 2 aromatic rings. The van der Waals surface area contributed by atoms with Gasteiger partial charge >= 0.3 is 0 Å². The molecule has 2 rings (SSSR count). The molecule has 0 unspecified atom stereocenters. The van der Waals surface area contributed by atoms with E-state index >= 15 is 0 Å². The fourth-order valence-electron chi connectivity index (χ4n) is 2.01. The van der Waals surface area contributed by atoms with E-state index in [1.165, 1.54) is 0 Å². The van der Waals surface area contributed by atoms with Crippen molar-refractivity contribution >= 4 is 28.5 Å². The van der Waals surface area contributed by atoms with Gasteiger partial charge in [0.25, 0.3) is 5.91 Å². The lowest BCUT2D eigenvalue weighted by Crippen LogP contribution is -2.26. The zero-order valence-corrected chi connectivity index (χ0v) is 13.8. The topological polar surface area (TPSA) is 46.9 Å². The van der Waals surface area contributed by atoms with Crippen molar-refractivity contribution < 1.29 is 4.79 Å². The summed E-state index contributed by atoms with van der Waals surface area (Å²) in [7, 11) is 0. The van der Waals surface area contributed by atoms with Crippen LogP contribution in [0.25, 0.3) is 0 Å². The molecule has 4 nitrogen and oxygen atoms in total. The second kappa shape index (κ2) is 6.88. The number of halogens is 1. The van der Waals surface area contributed by atoms with Gasteiger partial charge in [0.1, 0.15) is 5.82 Å². The van der Waals surface area contributed by atoms with Gasteiger partial charge in [-0.05, 0) is 54.5 Å². The third kappa shape index (κ3) is 3.59. The number of hydrogen-bond acceptors (Lipinski definition) is 2. The first-order chi connectivity index (χ1) is 9.59. The molecule has 1 amide bonds. The molecule has 20 heavy (non-hydrogen) atoms. The Balaban J connectivity index is 1.84. The van der Waals surface area contributed by atoms with Gasteiger partial charge in [-0.2, -0.15) is 0 Å². The molecule has 1 N–H and O–H groups in total. The maximum absolute atomic E-state index is 12.1. The van der Waals surface area contributed by atoms with Crippen LogP contribution in [-0.4, -0.2) is 22.0 Å². The molecule has 1 aromatic carbocycles. The van der Waals surface area contributed by atoms with Gasteiger partial charge < -0.3 is 9.88 Å². The molecule has 1 heterocycles. The summed E-state index contributed by atoms with van der Waals surface area (Å²) in [5.74, 6) is 1.00. The van der Waals surface area contributed by atoms with Gasteiger partial charge in [-0.15, -0.1) is 0 Å². The fourth-order valence-corrected chi connectivity index (χ4v) is 2.61. The lowest BCUT2D eigenvalue weighted by molar-refractivity contribution is 0.0951. The highest BCUT2D eigenvalue weighted by Crippen LogP contribution is 2.16. The Bertz CT molecular complexity index is 607. The number of benzene rings is 1. The maximum Gasteiger partial charge on any atom is 0.252 e. The van der Waals surface area contributed by atoms with E-state index in [0.29, 0.717) is 6.54 Å². The number of imidazole rings is 1. The smallest absolute Gasteiger partial charge is 0.252 e. The molecular formula is C15H18IN3O. The normalized spacial score (nSPS) is 10.6. The molecule has 0 spiro atoms. The van der Waals surface area contributed by atoms with Crippen LogP contribution < -0.4 is 5.32 Å². The highest BCUT2D eigenvalue weighted by atomic mass is 127. The fraction of sp³-hybridized carbons (Fsp3) is 0.333. The van der Waals surface area contributed by atoms with Gasteiger partial charge in [0, 0.05) is 29.1 Å². The summed E-state index contributed by atoms with van der Waals surface area (Å²) >= 11 is 2.22. The van der Waals surface area contributed by atoms with Gasteiger partial charge in [0.15, 0.2) is 0 Å². The van der Waals surface area contributed by atoms with Crippen LogP contribution in [0.2, 0.25) is 0 Å².